The first-order valence-corrected chi connectivity index (χ1v) is 14.2. The largest absolute Gasteiger partial charge is 0.434 e. The van der Waals surface area contributed by atoms with Crippen LogP contribution < -0.4 is 10.1 Å². The van der Waals surface area contributed by atoms with Gasteiger partial charge in [0, 0.05) is 68.5 Å². The summed E-state index contributed by atoms with van der Waals surface area (Å²) in [5.74, 6) is -0.166. The Bertz CT molecular complexity index is 1630. The maximum atomic E-state index is 13.3. The normalized spacial score (nSPS) is 18.5. The number of benzene rings is 1. The van der Waals surface area contributed by atoms with Gasteiger partial charge in [0.1, 0.15) is 23.6 Å². The minimum Gasteiger partial charge on any atom is -0.434 e. The van der Waals surface area contributed by atoms with Crippen molar-refractivity contribution in [2.45, 2.75) is 19.6 Å². The quantitative estimate of drug-likeness (QED) is 0.279. The van der Waals surface area contributed by atoms with E-state index in [-0.39, 0.29) is 52.3 Å². The summed E-state index contributed by atoms with van der Waals surface area (Å²) in [5, 5.41) is 20.8. The third kappa shape index (κ3) is 6.17. The van der Waals surface area contributed by atoms with Gasteiger partial charge in [-0.25, -0.2) is 9.50 Å². The van der Waals surface area contributed by atoms with Crippen molar-refractivity contribution in [2.24, 2.45) is 11.8 Å². The molecule has 3 aromatic heterocycles. The minimum atomic E-state index is -3.11. The van der Waals surface area contributed by atoms with E-state index in [2.05, 4.69) is 25.4 Å². The number of likely N-dealkylation sites (tertiary alicyclic amines) is 2. The SMILES string of the molecule is O=C(Nc1cn(CC(=O)N2CC3CN(CCCO)CC3C2)nc1-c1cc(Cl)ccc1OC(F)F)c1cnn2cccnc12. The van der Waals surface area contributed by atoms with Gasteiger partial charge in [-0.2, -0.15) is 19.0 Å². The van der Waals surface area contributed by atoms with Crippen molar-refractivity contribution in [1.29, 1.82) is 0 Å². The molecule has 43 heavy (non-hydrogen) atoms. The van der Waals surface area contributed by atoms with Gasteiger partial charge in [-0.05, 0) is 42.5 Å². The molecule has 2 saturated heterocycles. The summed E-state index contributed by atoms with van der Waals surface area (Å²) < 4.78 is 34.1. The summed E-state index contributed by atoms with van der Waals surface area (Å²) >= 11 is 6.21. The highest BCUT2D eigenvalue weighted by atomic mass is 35.5. The predicted octanol–water partition coefficient (Wildman–Crippen LogP) is 2.87. The van der Waals surface area contributed by atoms with Crippen molar-refractivity contribution in [3.05, 3.63) is 59.6 Å². The molecule has 5 heterocycles. The van der Waals surface area contributed by atoms with Crippen molar-refractivity contribution in [3.63, 3.8) is 0 Å². The number of alkyl halides is 2. The number of anilines is 1. The molecule has 0 bridgehead atoms. The standard InChI is InChI=1S/C28H29ClF2N8O4/c29-19-3-4-23(43-28(30)31)20(9-19)25-22(34-27(42)21-10-33-39-7-1-5-32-26(21)39)15-38(35-25)16-24(41)37-13-17-11-36(6-2-8-40)12-18(17)14-37/h1,3-5,7,9-10,15,17-18,28,40H,2,6,8,11-14,16H2,(H,34,42). The molecular weight excluding hydrogens is 586 g/mol. The number of halogens is 3. The number of ether oxygens (including phenoxy) is 1. The average Bonchev–Trinajstić information content (AvgIpc) is 3.75. The first kappa shape index (κ1) is 29.0. The Morgan fingerprint density at radius 3 is 2.72 bits per heavy atom. The number of hydrogen-bond acceptors (Lipinski definition) is 8. The van der Waals surface area contributed by atoms with Crippen LogP contribution >= 0.6 is 11.6 Å². The van der Waals surface area contributed by atoms with E-state index >= 15 is 0 Å². The van der Waals surface area contributed by atoms with E-state index in [1.54, 1.807) is 12.3 Å². The number of aliphatic hydroxyl groups excluding tert-OH is 1. The Morgan fingerprint density at radius 1 is 1.19 bits per heavy atom. The van der Waals surface area contributed by atoms with E-state index in [4.69, 9.17) is 21.4 Å². The van der Waals surface area contributed by atoms with Gasteiger partial charge in [-0.15, -0.1) is 0 Å². The van der Waals surface area contributed by atoms with Crippen LogP contribution in [0.25, 0.3) is 16.9 Å². The van der Waals surface area contributed by atoms with Crippen LogP contribution in [0.4, 0.5) is 14.5 Å². The topological polar surface area (TPSA) is 130 Å². The molecule has 2 N–H and O–H groups in total. The van der Waals surface area contributed by atoms with Gasteiger partial charge >= 0.3 is 6.61 Å². The zero-order chi connectivity index (χ0) is 30.1. The Kier molecular flexibility index (Phi) is 8.23. The third-order valence-electron chi connectivity index (χ3n) is 7.79. The number of carbonyl (C=O) groups excluding carboxylic acids is 2. The van der Waals surface area contributed by atoms with Crippen molar-refractivity contribution >= 4 is 34.7 Å². The van der Waals surface area contributed by atoms with Crippen LogP contribution in [0.5, 0.6) is 5.75 Å². The number of rotatable bonds is 10. The number of aliphatic hydroxyl groups is 1. The molecule has 4 aromatic rings. The van der Waals surface area contributed by atoms with Crippen LogP contribution in [0.3, 0.4) is 0 Å². The molecule has 0 spiro atoms. The van der Waals surface area contributed by atoms with Crippen LogP contribution in [-0.2, 0) is 11.3 Å². The van der Waals surface area contributed by atoms with Crippen LogP contribution in [0.2, 0.25) is 5.02 Å². The molecular formula is C28H29ClF2N8O4. The number of hydrogen-bond donors (Lipinski definition) is 2. The van der Waals surface area contributed by atoms with E-state index in [1.807, 2.05) is 4.90 Å². The number of carbonyl (C=O) groups is 2. The van der Waals surface area contributed by atoms with Gasteiger partial charge in [-0.1, -0.05) is 11.6 Å². The molecule has 15 heteroatoms. The predicted molar refractivity (Wildman–Crippen MR) is 152 cm³/mol. The second-order valence-electron chi connectivity index (χ2n) is 10.7. The summed E-state index contributed by atoms with van der Waals surface area (Å²) in [6, 6.07) is 5.78. The summed E-state index contributed by atoms with van der Waals surface area (Å²) in [6.45, 7) is 0.784. The van der Waals surface area contributed by atoms with E-state index in [1.165, 1.54) is 46.0 Å². The highest BCUT2D eigenvalue weighted by Crippen LogP contribution is 2.37. The summed E-state index contributed by atoms with van der Waals surface area (Å²) in [4.78, 5) is 35.0. The molecule has 2 atom stereocenters. The van der Waals surface area contributed by atoms with E-state index in [9.17, 15) is 18.4 Å². The lowest BCUT2D eigenvalue weighted by molar-refractivity contribution is -0.131. The molecule has 2 amide bonds. The number of aromatic nitrogens is 5. The molecule has 0 aliphatic carbocycles. The van der Waals surface area contributed by atoms with Crippen LogP contribution in [0.1, 0.15) is 16.8 Å². The van der Waals surface area contributed by atoms with Crippen molar-refractivity contribution in [2.75, 3.05) is 44.6 Å². The van der Waals surface area contributed by atoms with Gasteiger partial charge in [0.25, 0.3) is 5.91 Å². The maximum Gasteiger partial charge on any atom is 0.387 e. The Morgan fingerprint density at radius 2 is 1.98 bits per heavy atom. The monoisotopic (exact) mass is 614 g/mol. The lowest BCUT2D eigenvalue weighted by atomic mass is 10.0. The van der Waals surface area contributed by atoms with Crippen LogP contribution in [0, 0.1) is 11.8 Å². The van der Waals surface area contributed by atoms with Gasteiger partial charge in [-0.3, -0.25) is 14.3 Å². The molecule has 2 unspecified atom stereocenters. The summed E-state index contributed by atoms with van der Waals surface area (Å²) in [7, 11) is 0. The fourth-order valence-electron chi connectivity index (χ4n) is 5.87. The van der Waals surface area contributed by atoms with Crippen LogP contribution in [-0.4, -0.2) is 97.0 Å². The molecule has 12 nitrogen and oxygen atoms in total. The van der Waals surface area contributed by atoms with Crippen LogP contribution in [0.15, 0.2) is 49.1 Å². The van der Waals surface area contributed by atoms with E-state index in [0.717, 1.165) is 26.1 Å². The van der Waals surface area contributed by atoms with E-state index < -0.39 is 12.5 Å². The van der Waals surface area contributed by atoms with Gasteiger partial charge in [0.2, 0.25) is 5.91 Å². The molecule has 2 fully saturated rings. The first-order valence-electron chi connectivity index (χ1n) is 13.8. The second-order valence-corrected chi connectivity index (χ2v) is 11.1. The summed E-state index contributed by atoms with van der Waals surface area (Å²) in [5.41, 5.74) is 0.880. The molecule has 2 aliphatic rings. The average molecular weight is 615 g/mol. The highest BCUT2D eigenvalue weighted by molar-refractivity contribution is 6.31. The summed E-state index contributed by atoms with van der Waals surface area (Å²) in [6.07, 6.45) is 6.75. The fraction of sp³-hybridized carbons (Fsp3) is 0.393. The molecule has 6 rings (SSSR count). The molecule has 1 aromatic carbocycles. The highest BCUT2D eigenvalue weighted by Gasteiger charge is 2.41. The lowest BCUT2D eigenvalue weighted by Gasteiger charge is -2.21. The first-order chi connectivity index (χ1) is 20.8. The smallest absolute Gasteiger partial charge is 0.387 e. The Labute approximate surface area is 249 Å². The van der Waals surface area contributed by atoms with E-state index in [0.29, 0.717) is 30.6 Å². The maximum absolute atomic E-state index is 13.3. The minimum absolute atomic E-state index is 0.0987. The van der Waals surface area contributed by atoms with Gasteiger partial charge in [0.05, 0.1) is 11.9 Å². The zero-order valence-corrected chi connectivity index (χ0v) is 23.7. The third-order valence-corrected chi connectivity index (χ3v) is 8.03. The number of fused-ring (bicyclic) bond motifs is 2. The van der Waals surface area contributed by atoms with Crippen molar-refractivity contribution in [1.82, 2.24) is 34.2 Å². The molecule has 0 radical (unpaired) electrons. The number of amides is 2. The zero-order valence-electron chi connectivity index (χ0n) is 22.9. The fourth-order valence-corrected chi connectivity index (χ4v) is 6.04. The number of nitrogens with zero attached hydrogens (tertiary/aromatic N) is 7. The molecule has 226 valence electrons. The molecule has 2 aliphatic heterocycles. The molecule has 0 saturated carbocycles. The van der Waals surface area contributed by atoms with Crippen molar-refractivity contribution in [3.8, 4) is 17.0 Å². The Balaban J connectivity index is 1.26. The Hall–Kier alpha value is -4.14. The number of nitrogens with one attached hydrogen (secondary N) is 1. The lowest BCUT2D eigenvalue weighted by Crippen LogP contribution is -2.35. The van der Waals surface area contributed by atoms with Gasteiger partial charge < -0.3 is 25.0 Å². The second kappa shape index (κ2) is 12.2. The van der Waals surface area contributed by atoms with Gasteiger partial charge in [0.15, 0.2) is 5.65 Å². The van der Waals surface area contributed by atoms with Crippen molar-refractivity contribution < 1.29 is 28.2 Å².